The first-order valence-electron chi connectivity index (χ1n) is 7.90. The summed E-state index contributed by atoms with van der Waals surface area (Å²) in [5.74, 6) is 0.807. The Morgan fingerprint density at radius 2 is 2.17 bits per heavy atom. The van der Waals surface area contributed by atoms with Crippen LogP contribution in [0.5, 0.6) is 0 Å². The predicted molar refractivity (Wildman–Crippen MR) is 93.0 cm³/mol. The van der Waals surface area contributed by atoms with Crippen LogP contribution in [0.4, 0.5) is 10.8 Å². The highest BCUT2D eigenvalue weighted by Gasteiger charge is 2.27. The first kappa shape index (κ1) is 16.4. The molecule has 1 N–H and O–H groups in total. The Morgan fingerprint density at radius 1 is 1.38 bits per heavy atom. The summed E-state index contributed by atoms with van der Waals surface area (Å²) in [6, 6.07) is 1.65. The summed E-state index contributed by atoms with van der Waals surface area (Å²) >= 11 is 1.18. The van der Waals surface area contributed by atoms with Crippen LogP contribution in [0.3, 0.4) is 0 Å². The summed E-state index contributed by atoms with van der Waals surface area (Å²) in [7, 11) is 1.33. The summed E-state index contributed by atoms with van der Waals surface area (Å²) in [5, 5.41) is 3.89. The number of aromatic nitrogens is 4. The van der Waals surface area contributed by atoms with Gasteiger partial charge in [0.15, 0.2) is 17.2 Å². The van der Waals surface area contributed by atoms with Gasteiger partial charge in [-0.2, -0.15) is 4.37 Å². The molecule has 1 aliphatic carbocycles. The number of nitrogens with zero attached hydrogens (tertiary/aromatic N) is 4. The average Bonchev–Trinajstić information content (AvgIpc) is 3.20. The molecule has 3 heterocycles. The molecule has 8 heteroatoms. The van der Waals surface area contributed by atoms with Crippen molar-refractivity contribution in [3.8, 4) is 0 Å². The van der Waals surface area contributed by atoms with E-state index >= 15 is 0 Å². The first-order valence-corrected chi connectivity index (χ1v) is 8.67. The monoisotopic (exact) mass is 345 g/mol. The Hall–Kier alpha value is -2.48. The zero-order valence-electron chi connectivity index (χ0n) is 13.8. The zero-order valence-corrected chi connectivity index (χ0v) is 14.6. The van der Waals surface area contributed by atoms with Gasteiger partial charge in [-0.1, -0.05) is 13.8 Å². The maximum Gasteiger partial charge on any atom is 0.357 e. The van der Waals surface area contributed by atoms with Crippen LogP contribution in [0, 0.1) is 0 Å². The summed E-state index contributed by atoms with van der Waals surface area (Å²) < 4.78 is 10.8. The molecule has 0 amide bonds. The van der Waals surface area contributed by atoms with Crippen LogP contribution >= 0.6 is 11.5 Å². The Kier molecular flexibility index (Phi) is 4.75. The van der Waals surface area contributed by atoms with Crippen molar-refractivity contribution in [2.75, 3.05) is 12.4 Å². The maximum absolute atomic E-state index is 11.4. The van der Waals surface area contributed by atoms with Crippen LogP contribution in [-0.4, -0.2) is 31.8 Å². The van der Waals surface area contributed by atoms with E-state index in [1.807, 2.05) is 26.2 Å². The molecule has 24 heavy (non-hydrogen) atoms. The molecule has 0 saturated heterocycles. The lowest BCUT2D eigenvalue weighted by Crippen LogP contribution is -2.01. The second kappa shape index (κ2) is 6.96. The number of imidazole rings is 1. The highest BCUT2D eigenvalue weighted by molar-refractivity contribution is 7.10. The molecule has 0 radical (unpaired) electrons. The van der Waals surface area contributed by atoms with Gasteiger partial charge in [0.05, 0.1) is 7.11 Å². The number of hydrogen-bond acceptors (Lipinski definition) is 7. The quantitative estimate of drug-likeness (QED) is 0.727. The van der Waals surface area contributed by atoms with E-state index in [4.69, 9.17) is 0 Å². The molecule has 1 aliphatic rings. The molecule has 0 unspecified atom stereocenters. The number of hydrogen-bond donors (Lipinski definition) is 1. The average molecular weight is 345 g/mol. The fourth-order valence-corrected chi connectivity index (χ4v) is 2.99. The van der Waals surface area contributed by atoms with Gasteiger partial charge in [-0.15, -0.1) is 0 Å². The zero-order chi connectivity index (χ0) is 17.1. The number of nitrogens with one attached hydrogen (secondary N) is 1. The van der Waals surface area contributed by atoms with Gasteiger partial charge in [0.2, 0.25) is 0 Å². The molecule has 4 rings (SSSR count). The number of anilines is 2. The van der Waals surface area contributed by atoms with E-state index in [-0.39, 0.29) is 5.69 Å². The third-order valence-corrected chi connectivity index (χ3v) is 4.30. The van der Waals surface area contributed by atoms with Crippen molar-refractivity contribution in [1.82, 2.24) is 18.7 Å². The molecule has 126 valence electrons. The van der Waals surface area contributed by atoms with Gasteiger partial charge < -0.3 is 10.1 Å². The van der Waals surface area contributed by atoms with Crippen molar-refractivity contribution in [2.45, 2.75) is 32.6 Å². The number of carbonyl (C=O) groups is 1. The van der Waals surface area contributed by atoms with Crippen LogP contribution in [0.25, 0.3) is 5.65 Å². The van der Waals surface area contributed by atoms with E-state index in [1.165, 1.54) is 37.2 Å². The number of ether oxygens (including phenoxy) is 1. The SMILES string of the molecule is CC.COC(=O)c1cc(Nc2nccn3c(C4CC4)cnc23)sn1. The third kappa shape index (κ3) is 3.09. The van der Waals surface area contributed by atoms with Crippen LogP contribution in [0.2, 0.25) is 0 Å². The van der Waals surface area contributed by atoms with E-state index in [0.717, 1.165) is 10.6 Å². The number of carbonyl (C=O) groups excluding carboxylic acids is 1. The molecule has 1 fully saturated rings. The van der Waals surface area contributed by atoms with E-state index in [9.17, 15) is 4.79 Å². The molecule has 0 atom stereocenters. The lowest BCUT2D eigenvalue weighted by atomic mass is 10.3. The van der Waals surface area contributed by atoms with Crippen molar-refractivity contribution >= 4 is 34.0 Å². The number of fused-ring (bicyclic) bond motifs is 1. The minimum Gasteiger partial charge on any atom is -0.464 e. The number of esters is 1. The van der Waals surface area contributed by atoms with Gasteiger partial charge in [-0.05, 0) is 24.4 Å². The first-order chi connectivity index (χ1) is 11.8. The van der Waals surface area contributed by atoms with E-state index in [0.29, 0.717) is 11.7 Å². The molecule has 0 bridgehead atoms. The smallest absolute Gasteiger partial charge is 0.357 e. The van der Waals surface area contributed by atoms with Gasteiger partial charge >= 0.3 is 5.97 Å². The molecular weight excluding hydrogens is 326 g/mol. The normalized spacial score (nSPS) is 13.3. The van der Waals surface area contributed by atoms with Crippen molar-refractivity contribution in [3.05, 3.63) is 36.0 Å². The Labute approximate surface area is 143 Å². The van der Waals surface area contributed by atoms with Crippen molar-refractivity contribution < 1.29 is 9.53 Å². The molecule has 7 nitrogen and oxygen atoms in total. The minimum absolute atomic E-state index is 0.281. The second-order valence-electron chi connectivity index (χ2n) is 5.12. The summed E-state index contributed by atoms with van der Waals surface area (Å²) in [5.41, 5.74) is 2.28. The van der Waals surface area contributed by atoms with Crippen LogP contribution in [-0.2, 0) is 4.74 Å². The van der Waals surface area contributed by atoms with E-state index in [1.54, 1.807) is 12.3 Å². The van der Waals surface area contributed by atoms with Crippen LogP contribution in [0.15, 0.2) is 24.7 Å². The fraction of sp³-hybridized carbons (Fsp3) is 0.375. The lowest BCUT2D eigenvalue weighted by Gasteiger charge is -2.04. The Bertz CT molecular complexity index is 853. The topological polar surface area (TPSA) is 81.4 Å². The molecule has 1 saturated carbocycles. The summed E-state index contributed by atoms with van der Waals surface area (Å²) in [6.45, 7) is 4.00. The molecule has 0 aromatic carbocycles. The molecular formula is C16H19N5O2S. The molecule has 0 aliphatic heterocycles. The summed E-state index contributed by atoms with van der Waals surface area (Å²) in [6.07, 6.45) is 8.01. The van der Waals surface area contributed by atoms with Crippen molar-refractivity contribution in [1.29, 1.82) is 0 Å². The Balaban J connectivity index is 0.000000815. The fourth-order valence-electron chi connectivity index (χ4n) is 2.36. The van der Waals surface area contributed by atoms with E-state index < -0.39 is 5.97 Å². The van der Waals surface area contributed by atoms with Gasteiger partial charge in [-0.3, -0.25) is 4.40 Å². The third-order valence-electron chi connectivity index (χ3n) is 3.60. The van der Waals surface area contributed by atoms with Crippen LogP contribution < -0.4 is 5.32 Å². The van der Waals surface area contributed by atoms with Crippen molar-refractivity contribution in [2.24, 2.45) is 0 Å². The van der Waals surface area contributed by atoms with Crippen LogP contribution in [0.1, 0.15) is 48.8 Å². The highest BCUT2D eigenvalue weighted by Crippen LogP contribution is 2.40. The largest absolute Gasteiger partial charge is 0.464 e. The number of methoxy groups -OCH3 is 1. The second-order valence-corrected chi connectivity index (χ2v) is 5.92. The Morgan fingerprint density at radius 3 is 2.88 bits per heavy atom. The molecule has 0 spiro atoms. The molecule has 3 aromatic heterocycles. The van der Waals surface area contributed by atoms with E-state index in [2.05, 4.69) is 28.8 Å². The predicted octanol–water partition coefficient (Wildman–Crippen LogP) is 3.62. The summed E-state index contributed by atoms with van der Waals surface area (Å²) in [4.78, 5) is 20.2. The lowest BCUT2D eigenvalue weighted by molar-refractivity contribution is 0.0595. The standard InChI is InChI=1S/C14H13N5O2S.C2H6/c1-21-14(20)9-6-11(22-18-9)17-12-13-16-7-10(8-2-3-8)19(13)5-4-15-12;1-2/h4-8H,2-3H2,1H3,(H,15,17);1-2H3. The highest BCUT2D eigenvalue weighted by atomic mass is 32.1. The maximum atomic E-state index is 11.4. The molecule has 3 aromatic rings. The van der Waals surface area contributed by atoms with Gasteiger partial charge in [-0.25, -0.2) is 14.8 Å². The van der Waals surface area contributed by atoms with Gasteiger partial charge in [0, 0.05) is 36.3 Å². The van der Waals surface area contributed by atoms with Crippen molar-refractivity contribution in [3.63, 3.8) is 0 Å². The number of rotatable bonds is 4. The van der Waals surface area contributed by atoms with Gasteiger partial charge in [0.1, 0.15) is 5.00 Å². The minimum atomic E-state index is -0.452. The van der Waals surface area contributed by atoms with Gasteiger partial charge in [0.25, 0.3) is 0 Å².